The maximum Gasteiger partial charge on any atom is 0.251 e. The van der Waals surface area contributed by atoms with Crippen LogP contribution in [-0.2, 0) is 4.74 Å². The minimum atomic E-state index is -0.169. The van der Waals surface area contributed by atoms with Crippen LogP contribution in [0.4, 0.5) is 0 Å². The molecule has 4 nitrogen and oxygen atoms in total. The molecule has 1 aromatic carbocycles. The molecule has 0 spiro atoms. The zero-order valence-electron chi connectivity index (χ0n) is 10.4. The van der Waals surface area contributed by atoms with Crippen LogP contribution in [0.25, 0.3) is 0 Å². The molecule has 0 bridgehead atoms. The molecule has 0 fully saturated rings. The second-order valence-electron chi connectivity index (χ2n) is 3.89. The summed E-state index contributed by atoms with van der Waals surface area (Å²) in [7, 11) is 0. The molecule has 5 heteroatoms. The lowest BCUT2D eigenvalue weighted by atomic mass is 10.2. The first-order valence-corrected chi connectivity index (χ1v) is 7.07. The van der Waals surface area contributed by atoms with Crippen molar-refractivity contribution in [2.24, 2.45) is 0 Å². The van der Waals surface area contributed by atoms with Gasteiger partial charge in [-0.05, 0) is 53.6 Å². The van der Waals surface area contributed by atoms with E-state index in [0.717, 1.165) is 23.0 Å². The van der Waals surface area contributed by atoms with Gasteiger partial charge >= 0.3 is 0 Å². The highest BCUT2D eigenvalue weighted by molar-refractivity contribution is 14.1. The highest BCUT2D eigenvalue weighted by Crippen LogP contribution is 2.20. The quantitative estimate of drug-likeness (QED) is 0.578. The number of rotatable bonds is 7. The molecule has 0 saturated heterocycles. The van der Waals surface area contributed by atoms with Crippen LogP contribution in [0, 0.1) is 3.57 Å². The van der Waals surface area contributed by atoms with Gasteiger partial charge in [-0.15, -0.1) is 0 Å². The molecule has 0 heterocycles. The molecule has 0 aliphatic heterocycles. The molecule has 18 heavy (non-hydrogen) atoms. The van der Waals surface area contributed by atoms with Crippen LogP contribution in [-0.4, -0.2) is 30.8 Å². The second-order valence-corrected chi connectivity index (χ2v) is 5.05. The summed E-state index contributed by atoms with van der Waals surface area (Å²) < 4.78 is 6.05. The molecule has 0 unspecified atom stereocenters. The first-order valence-electron chi connectivity index (χ1n) is 5.99. The maximum absolute atomic E-state index is 11.7. The Bertz CT molecular complexity index is 396. The number of phenolic OH excluding ortho intramolecular Hbond substituents is 1. The van der Waals surface area contributed by atoms with E-state index in [1.165, 1.54) is 6.07 Å². The molecule has 1 rings (SSSR count). The summed E-state index contributed by atoms with van der Waals surface area (Å²) >= 11 is 2.01. The van der Waals surface area contributed by atoms with Crippen molar-refractivity contribution < 1.29 is 14.6 Å². The number of halogens is 1. The van der Waals surface area contributed by atoms with Crippen molar-refractivity contribution in [1.29, 1.82) is 0 Å². The van der Waals surface area contributed by atoms with E-state index < -0.39 is 0 Å². The van der Waals surface area contributed by atoms with Crippen LogP contribution >= 0.6 is 22.6 Å². The average molecular weight is 363 g/mol. The van der Waals surface area contributed by atoms with Gasteiger partial charge in [0.15, 0.2) is 0 Å². The lowest BCUT2D eigenvalue weighted by Crippen LogP contribution is -2.25. The largest absolute Gasteiger partial charge is 0.507 e. The molecular weight excluding hydrogens is 345 g/mol. The van der Waals surface area contributed by atoms with Gasteiger partial charge < -0.3 is 15.2 Å². The van der Waals surface area contributed by atoms with Crippen molar-refractivity contribution in [2.45, 2.75) is 19.8 Å². The Hall–Kier alpha value is -0.820. The summed E-state index contributed by atoms with van der Waals surface area (Å²) in [5.41, 5.74) is 0.474. The predicted molar refractivity (Wildman–Crippen MR) is 78.9 cm³/mol. The number of nitrogens with one attached hydrogen (secondary N) is 1. The SMILES string of the molecule is CCCOCCCNC(=O)c1ccc(I)c(O)c1. The number of ether oxygens (including phenoxy) is 1. The number of hydrogen-bond donors (Lipinski definition) is 2. The van der Waals surface area contributed by atoms with Gasteiger partial charge in [-0.1, -0.05) is 6.92 Å². The summed E-state index contributed by atoms with van der Waals surface area (Å²) in [6.07, 6.45) is 1.80. The number of benzene rings is 1. The Morgan fingerprint density at radius 3 is 2.89 bits per heavy atom. The van der Waals surface area contributed by atoms with Crippen molar-refractivity contribution >= 4 is 28.5 Å². The van der Waals surface area contributed by atoms with Crippen LogP contribution in [0.2, 0.25) is 0 Å². The van der Waals surface area contributed by atoms with Gasteiger partial charge in [-0.3, -0.25) is 4.79 Å². The Labute approximate surface area is 121 Å². The zero-order chi connectivity index (χ0) is 13.4. The molecule has 0 aromatic heterocycles. The number of carbonyl (C=O) groups excluding carboxylic acids is 1. The molecule has 0 saturated carbocycles. The van der Waals surface area contributed by atoms with Crippen LogP contribution in [0.15, 0.2) is 18.2 Å². The number of aromatic hydroxyl groups is 1. The standard InChI is InChI=1S/C13H18INO3/c1-2-7-18-8-3-6-15-13(17)10-4-5-11(14)12(16)9-10/h4-5,9,16H,2-3,6-8H2,1H3,(H,15,17). The fraction of sp³-hybridized carbons (Fsp3) is 0.462. The van der Waals surface area contributed by atoms with E-state index in [1.54, 1.807) is 12.1 Å². The minimum Gasteiger partial charge on any atom is -0.507 e. The first-order chi connectivity index (χ1) is 8.65. The molecule has 0 radical (unpaired) electrons. The molecule has 0 aliphatic carbocycles. The highest BCUT2D eigenvalue weighted by atomic mass is 127. The van der Waals surface area contributed by atoms with Gasteiger partial charge in [0.1, 0.15) is 5.75 Å². The minimum absolute atomic E-state index is 0.134. The van der Waals surface area contributed by atoms with E-state index in [-0.39, 0.29) is 11.7 Å². The molecule has 1 amide bonds. The molecular formula is C13H18INO3. The monoisotopic (exact) mass is 363 g/mol. The van der Waals surface area contributed by atoms with Crippen molar-refractivity contribution in [1.82, 2.24) is 5.32 Å². The number of hydrogen-bond acceptors (Lipinski definition) is 3. The van der Waals surface area contributed by atoms with Crippen molar-refractivity contribution in [3.8, 4) is 5.75 Å². The molecule has 1 aromatic rings. The third-order valence-electron chi connectivity index (χ3n) is 2.31. The lowest BCUT2D eigenvalue weighted by Gasteiger charge is -2.06. The van der Waals surface area contributed by atoms with Crippen molar-refractivity contribution in [2.75, 3.05) is 19.8 Å². The number of phenols is 1. The van der Waals surface area contributed by atoms with Gasteiger partial charge in [0, 0.05) is 25.3 Å². The second kappa shape index (κ2) is 8.31. The van der Waals surface area contributed by atoms with E-state index in [0.29, 0.717) is 18.7 Å². The topological polar surface area (TPSA) is 58.6 Å². The fourth-order valence-electron chi connectivity index (χ4n) is 1.38. The van der Waals surface area contributed by atoms with E-state index >= 15 is 0 Å². The Morgan fingerprint density at radius 2 is 2.22 bits per heavy atom. The molecule has 0 aliphatic rings. The third-order valence-corrected chi connectivity index (χ3v) is 3.22. The third kappa shape index (κ3) is 5.22. The fourth-order valence-corrected chi connectivity index (χ4v) is 1.71. The van der Waals surface area contributed by atoms with Gasteiger partial charge in [-0.25, -0.2) is 0 Å². The normalized spacial score (nSPS) is 10.3. The van der Waals surface area contributed by atoms with Crippen LogP contribution in [0.3, 0.4) is 0 Å². The van der Waals surface area contributed by atoms with E-state index in [4.69, 9.17) is 4.74 Å². The number of amides is 1. The summed E-state index contributed by atoms with van der Waals surface area (Å²) in [6.45, 7) is 4.06. The van der Waals surface area contributed by atoms with E-state index in [1.807, 2.05) is 22.6 Å². The maximum atomic E-state index is 11.7. The Balaban J connectivity index is 2.30. The number of carbonyl (C=O) groups is 1. The van der Waals surface area contributed by atoms with Crippen molar-refractivity contribution in [3.05, 3.63) is 27.3 Å². The molecule has 0 atom stereocenters. The zero-order valence-corrected chi connectivity index (χ0v) is 12.6. The van der Waals surface area contributed by atoms with Gasteiger partial charge in [-0.2, -0.15) is 0 Å². The first kappa shape index (κ1) is 15.2. The summed E-state index contributed by atoms with van der Waals surface area (Å²) in [6, 6.07) is 4.89. The van der Waals surface area contributed by atoms with Crippen molar-refractivity contribution in [3.63, 3.8) is 0 Å². The Kier molecular flexibility index (Phi) is 7.04. The predicted octanol–water partition coefficient (Wildman–Crippen LogP) is 2.54. The lowest BCUT2D eigenvalue weighted by molar-refractivity contribution is 0.0941. The Morgan fingerprint density at radius 1 is 1.44 bits per heavy atom. The van der Waals surface area contributed by atoms with E-state index in [2.05, 4.69) is 12.2 Å². The van der Waals surface area contributed by atoms with Crippen LogP contribution in [0.5, 0.6) is 5.75 Å². The van der Waals surface area contributed by atoms with Gasteiger partial charge in [0.25, 0.3) is 5.91 Å². The summed E-state index contributed by atoms with van der Waals surface area (Å²) in [5, 5.41) is 12.3. The van der Waals surface area contributed by atoms with Gasteiger partial charge in [0.05, 0.1) is 3.57 Å². The summed E-state index contributed by atoms with van der Waals surface area (Å²) in [4.78, 5) is 11.7. The summed E-state index contributed by atoms with van der Waals surface area (Å²) in [5.74, 6) is -0.0354. The average Bonchev–Trinajstić information content (AvgIpc) is 2.36. The highest BCUT2D eigenvalue weighted by Gasteiger charge is 2.07. The molecule has 2 N–H and O–H groups in total. The van der Waals surface area contributed by atoms with E-state index in [9.17, 15) is 9.90 Å². The molecule has 100 valence electrons. The van der Waals surface area contributed by atoms with Crippen LogP contribution < -0.4 is 5.32 Å². The van der Waals surface area contributed by atoms with Gasteiger partial charge in [0.2, 0.25) is 0 Å². The van der Waals surface area contributed by atoms with Crippen LogP contribution in [0.1, 0.15) is 30.1 Å². The smallest absolute Gasteiger partial charge is 0.251 e.